The molecular weight excluding hydrogens is 194 g/mol. The van der Waals surface area contributed by atoms with Crippen LogP contribution < -0.4 is 5.73 Å². The van der Waals surface area contributed by atoms with Crippen molar-refractivity contribution in [1.29, 1.82) is 0 Å². The predicted molar refractivity (Wildman–Crippen MR) is 59.5 cm³/mol. The Morgan fingerprint density at radius 3 is 2.80 bits per heavy atom. The lowest BCUT2D eigenvalue weighted by Gasteiger charge is -1.99. The second kappa shape index (κ2) is 3.91. The molecule has 15 heavy (non-hydrogen) atoms. The van der Waals surface area contributed by atoms with E-state index < -0.39 is 4.92 Å². The summed E-state index contributed by atoms with van der Waals surface area (Å²) in [4.78, 5) is 14.1. The van der Waals surface area contributed by atoms with Gasteiger partial charge in [-0.25, -0.2) is 4.98 Å². The maximum atomic E-state index is 10.7. The van der Waals surface area contributed by atoms with Crippen molar-refractivity contribution in [3.8, 4) is 0 Å². The van der Waals surface area contributed by atoms with Crippen molar-refractivity contribution in [2.24, 2.45) is 0 Å². The van der Waals surface area contributed by atoms with Gasteiger partial charge in [-0.05, 0) is 6.07 Å². The number of fused-ring (bicyclic) bond motifs is 1. The molecule has 5 nitrogen and oxygen atoms in total. The van der Waals surface area contributed by atoms with Crippen LogP contribution in [0.15, 0.2) is 30.5 Å². The zero-order valence-electron chi connectivity index (χ0n) is 7.18. The number of non-ortho nitro benzene ring substituents is 1. The molecule has 1 heterocycles. The first-order chi connectivity index (χ1) is 6.68. The number of nitrogens with two attached hydrogens (primary N) is 1. The monoisotopic (exact) mass is 205 g/mol. The fourth-order valence-electron chi connectivity index (χ4n) is 1.33. The molecule has 1 aromatic carbocycles. The number of nitrogen functional groups attached to an aromatic ring is 1. The normalized spacial score (nSPS) is 9.60. The highest BCUT2D eigenvalue weighted by molar-refractivity contribution is 5.91. The van der Waals surface area contributed by atoms with Crippen molar-refractivity contribution in [2.75, 3.05) is 5.73 Å². The maximum Gasteiger partial charge on any atom is 0.277 e. The van der Waals surface area contributed by atoms with E-state index in [1.807, 2.05) is 0 Å². The summed E-state index contributed by atoms with van der Waals surface area (Å²) in [6, 6.07) is 6.34. The summed E-state index contributed by atoms with van der Waals surface area (Å²) < 4.78 is 0. The van der Waals surface area contributed by atoms with Gasteiger partial charge in [-0.3, -0.25) is 10.1 Å². The summed E-state index contributed by atoms with van der Waals surface area (Å²) in [5.41, 5.74) is 5.51. The van der Waals surface area contributed by atoms with E-state index in [9.17, 15) is 10.1 Å². The maximum absolute atomic E-state index is 10.7. The molecular formula is C10H11N3O2. The number of aromatic nitrogens is 1. The van der Waals surface area contributed by atoms with Gasteiger partial charge in [-0.1, -0.05) is 19.6 Å². The third-order valence-corrected chi connectivity index (χ3v) is 1.96. The Kier molecular flexibility index (Phi) is 2.85. The van der Waals surface area contributed by atoms with Gasteiger partial charge >= 0.3 is 0 Å². The molecule has 0 bridgehead atoms. The molecule has 0 aliphatic rings. The second-order valence-electron chi connectivity index (χ2n) is 2.86. The third-order valence-electron chi connectivity index (χ3n) is 1.96. The van der Waals surface area contributed by atoms with Crippen LogP contribution in [0.3, 0.4) is 0 Å². The molecule has 0 aliphatic heterocycles. The van der Waals surface area contributed by atoms with Gasteiger partial charge in [0.1, 0.15) is 5.82 Å². The van der Waals surface area contributed by atoms with Gasteiger partial charge in [0.2, 0.25) is 0 Å². The van der Waals surface area contributed by atoms with E-state index in [4.69, 9.17) is 5.73 Å². The molecule has 0 unspecified atom stereocenters. The van der Waals surface area contributed by atoms with Gasteiger partial charge in [0.15, 0.2) is 0 Å². The van der Waals surface area contributed by atoms with E-state index >= 15 is 0 Å². The van der Waals surface area contributed by atoms with Crippen LogP contribution in [0, 0.1) is 10.1 Å². The van der Waals surface area contributed by atoms with Crippen LogP contribution in [-0.2, 0) is 0 Å². The molecule has 5 heteroatoms. The zero-order valence-corrected chi connectivity index (χ0v) is 7.18. The van der Waals surface area contributed by atoms with E-state index in [1.165, 1.54) is 18.3 Å². The molecule has 0 spiro atoms. The van der Waals surface area contributed by atoms with Gasteiger partial charge in [0, 0.05) is 17.6 Å². The number of nitro groups is 1. The highest BCUT2D eigenvalue weighted by Gasteiger charge is 2.10. The van der Waals surface area contributed by atoms with Crippen molar-refractivity contribution in [1.82, 2.24) is 4.98 Å². The average Bonchev–Trinajstić information content (AvgIpc) is 2.16. The summed E-state index contributed by atoms with van der Waals surface area (Å²) in [6.07, 6.45) is 1.53. The number of rotatable bonds is 1. The molecule has 2 aromatic rings. The van der Waals surface area contributed by atoms with Crippen LogP contribution in [0.2, 0.25) is 0 Å². The minimum atomic E-state index is -0.429. The molecule has 0 saturated heterocycles. The summed E-state index contributed by atoms with van der Waals surface area (Å²) >= 11 is 0. The standard InChI is InChI=1S/C9H7N3O2.CH4/c10-9-4-7-6(5-11-9)2-1-3-8(7)12(13)14;/h1-5H,(H2,10,11);1H4. The highest BCUT2D eigenvalue weighted by Crippen LogP contribution is 2.25. The number of nitrogens with zero attached hydrogens (tertiary/aromatic N) is 2. The van der Waals surface area contributed by atoms with Gasteiger partial charge in [0.25, 0.3) is 5.69 Å². The highest BCUT2D eigenvalue weighted by atomic mass is 16.6. The van der Waals surface area contributed by atoms with Gasteiger partial charge < -0.3 is 5.73 Å². The lowest BCUT2D eigenvalue weighted by molar-refractivity contribution is -0.383. The summed E-state index contributed by atoms with van der Waals surface area (Å²) in [5.74, 6) is 0.284. The number of anilines is 1. The number of benzene rings is 1. The lowest BCUT2D eigenvalue weighted by Crippen LogP contribution is -1.92. The van der Waals surface area contributed by atoms with Crippen molar-refractivity contribution in [2.45, 2.75) is 7.43 Å². The predicted octanol–water partition coefficient (Wildman–Crippen LogP) is 2.36. The molecule has 78 valence electrons. The Morgan fingerprint density at radius 1 is 1.40 bits per heavy atom. The Morgan fingerprint density at radius 2 is 2.13 bits per heavy atom. The van der Waals surface area contributed by atoms with Crippen LogP contribution in [-0.4, -0.2) is 9.91 Å². The Balaban J connectivity index is 0.00000112. The van der Waals surface area contributed by atoms with Crippen LogP contribution in [0.5, 0.6) is 0 Å². The van der Waals surface area contributed by atoms with Crippen molar-refractivity contribution < 1.29 is 4.92 Å². The molecule has 1 aromatic heterocycles. The van der Waals surface area contributed by atoms with Crippen molar-refractivity contribution in [3.05, 3.63) is 40.6 Å². The first-order valence-corrected chi connectivity index (χ1v) is 3.97. The smallest absolute Gasteiger partial charge is 0.277 e. The summed E-state index contributed by atoms with van der Waals surface area (Å²) in [7, 11) is 0. The Bertz CT molecular complexity index is 511. The molecule has 0 aliphatic carbocycles. The third kappa shape index (κ3) is 1.85. The fraction of sp³-hybridized carbons (Fsp3) is 0.100. The average molecular weight is 205 g/mol. The topological polar surface area (TPSA) is 82.0 Å². The molecule has 2 N–H and O–H groups in total. The SMILES string of the molecule is C.Nc1cc2c([N+](=O)[O-])cccc2cn1. The molecule has 0 amide bonds. The Hall–Kier alpha value is -2.17. The molecule has 0 atom stereocenters. The van der Waals surface area contributed by atoms with Crippen LogP contribution in [0.1, 0.15) is 7.43 Å². The van der Waals surface area contributed by atoms with E-state index in [2.05, 4.69) is 4.98 Å². The second-order valence-corrected chi connectivity index (χ2v) is 2.86. The molecule has 2 rings (SSSR count). The van der Waals surface area contributed by atoms with E-state index in [-0.39, 0.29) is 18.9 Å². The quantitative estimate of drug-likeness (QED) is 0.572. The van der Waals surface area contributed by atoms with Crippen molar-refractivity contribution >= 4 is 22.3 Å². The summed E-state index contributed by atoms with van der Waals surface area (Å²) in [6.45, 7) is 0. The molecule has 0 radical (unpaired) electrons. The lowest BCUT2D eigenvalue weighted by atomic mass is 10.1. The largest absolute Gasteiger partial charge is 0.384 e. The van der Waals surface area contributed by atoms with Gasteiger partial charge in [-0.15, -0.1) is 0 Å². The summed E-state index contributed by atoms with van der Waals surface area (Å²) in [5, 5.41) is 11.9. The minimum Gasteiger partial charge on any atom is -0.384 e. The van der Waals surface area contributed by atoms with Gasteiger partial charge in [-0.2, -0.15) is 0 Å². The number of hydrogen-bond acceptors (Lipinski definition) is 4. The van der Waals surface area contributed by atoms with E-state index in [1.54, 1.807) is 12.1 Å². The van der Waals surface area contributed by atoms with Gasteiger partial charge in [0.05, 0.1) is 10.3 Å². The van der Waals surface area contributed by atoms with E-state index in [0.717, 1.165) is 0 Å². The first kappa shape index (κ1) is 10.9. The number of pyridine rings is 1. The fourth-order valence-corrected chi connectivity index (χ4v) is 1.33. The molecule has 0 saturated carbocycles. The van der Waals surface area contributed by atoms with E-state index in [0.29, 0.717) is 10.8 Å². The number of nitro benzene ring substituents is 1. The first-order valence-electron chi connectivity index (χ1n) is 3.97. The minimum absolute atomic E-state index is 0. The van der Waals surface area contributed by atoms with Crippen LogP contribution in [0.25, 0.3) is 10.8 Å². The van der Waals surface area contributed by atoms with Crippen molar-refractivity contribution in [3.63, 3.8) is 0 Å². The Labute approximate surface area is 86.7 Å². The van der Waals surface area contributed by atoms with Crippen LogP contribution in [0.4, 0.5) is 11.5 Å². The zero-order chi connectivity index (χ0) is 10.1. The number of hydrogen-bond donors (Lipinski definition) is 1. The van der Waals surface area contributed by atoms with Crippen LogP contribution >= 0.6 is 0 Å². The molecule has 0 fully saturated rings.